The topological polar surface area (TPSA) is 48.1 Å². The van der Waals surface area contributed by atoms with Crippen LogP contribution in [0, 0.1) is 13.8 Å². The van der Waals surface area contributed by atoms with Gasteiger partial charge in [0.25, 0.3) is 0 Å². The summed E-state index contributed by atoms with van der Waals surface area (Å²) >= 11 is 12.9. The molecule has 2 aliphatic heterocycles. The number of nitrogens with one attached hydrogen (secondary N) is 4. The molecule has 4 nitrogen and oxygen atoms in total. The molecule has 156 valence electrons. The van der Waals surface area contributed by atoms with Crippen molar-refractivity contribution in [2.75, 3.05) is 26.2 Å². The van der Waals surface area contributed by atoms with E-state index in [0.29, 0.717) is 10.0 Å². The SMILES string of the molecule is Cc1cccc(C(C)C2(C3(Cc4cccc(Cl)c4Cl)NCCN3)NCCN2)c1C. The highest BCUT2D eigenvalue weighted by Crippen LogP contribution is 2.41. The van der Waals surface area contributed by atoms with Crippen LogP contribution in [0.4, 0.5) is 0 Å². The summed E-state index contributed by atoms with van der Waals surface area (Å²) in [5, 5.41) is 16.5. The minimum Gasteiger partial charge on any atom is -0.295 e. The molecule has 0 bridgehead atoms. The van der Waals surface area contributed by atoms with Crippen LogP contribution in [0.2, 0.25) is 10.0 Å². The van der Waals surface area contributed by atoms with Crippen molar-refractivity contribution in [3.05, 3.63) is 68.7 Å². The number of aryl methyl sites for hydroxylation is 1. The van der Waals surface area contributed by atoms with Crippen LogP contribution in [-0.4, -0.2) is 37.5 Å². The molecule has 2 aromatic carbocycles. The van der Waals surface area contributed by atoms with Gasteiger partial charge in [-0.3, -0.25) is 21.3 Å². The number of hydrogen-bond donors (Lipinski definition) is 4. The fourth-order valence-corrected chi connectivity index (χ4v) is 5.55. The van der Waals surface area contributed by atoms with Crippen molar-refractivity contribution in [1.29, 1.82) is 0 Å². The Bertz CT molecular complexity index is 886. The van der Waals surface area contributed by atoms with E-state index < -0.39 is 5.66 Å². The van der Waals surface area contributed by atoms with Gasteiger partial charge in [0.2, 0.25) is 0 Å². The Morgan fingerprint density at radius 1 is 0.897 bits per heavy atom. The molecule has 0 radical (unpaired) electrons. The first-order chi connectivity index (χ1) is 13.9. The third kappa shape index (κ3) is 3.50. The zero-order valence-electron chi connectivity index (χ0n) is 17.3. The van der Waals surface area contributed by atoms with Gasteiger partial charge in [0.15, 0.2) is 0 Å². The van der Waals surface area contributed by atoms with Crippen molar-refractivity contribution < 1.29 is 0 Å². The maximum Gasteiger partial charge on any atom is 0.108 e. The smallest absolute Gasteiger partial charge is 0.108 e. The van der Waals surface area contributed by atoms with Crippen molar-refractivity contribution in [2.24, 2.45) is 0 Å². The largest absolute Gasteiger partial charge is 0.295 e. The van der Waals surface area contributed by atoms with Crippen LogP contribution in [-0.2, 0) is 6.42 Å². The van der Waals surface area contributed by atoms with Gasteiger partial charge in [-0.15, -0.1) is 0 Å². The first-order valence-electron chi connectivity index (χ1n) is 10.4. The summed E-state index contributed by atoms with van der Waals surface area (Å²) in [7, 11) is 0. The normalized spacial score (nSPS) is 21.4. The number of halogens is 2. The Balaban J connectivity index is 1.80. The lowest BCUT2D eigenvalue weighted by atomic mass is 9.74. The average Bonchev–Trinajstić information content (AvgIpc) is 3.38. The lowest BCUT2D eigenvalue weighted by molar-refractivity contribution is 0.0940. The fraction of sp³-hybridized carbons (Fsp3) is 0.478. The maximum absolute atomic E-state index is 6.60. The first-order valence-corrected chi connectivity index (χ1v) is 11.1. The minimum absolute atomic E-state index is 0.223. The van der Waals surface area contributed by atoms with E-state index in [4.69, 9.17) is 23.2 Å². The van der Waals surface area contributed by atoms with Gasteiger partial charge in [-0.05, 0) is 42.2 Å². The summed E-state index contributed by atoms with van der Waals surface area (Å²) in [6, 6.07) is 12.5. The van der Waals surface area contributed by atoms with Gasteiger partial charge in [-0.2, -0.15) is 0 Å². The highest BCUT2D eigenvalue weighted by Gasteiger charge is 2.57. The Morgan fingerprint density at radius 3 is 2.21 bits per heavy atom. The molecule has 0 spiro atoms. The predicted molar refractivity (Wildman–Crippen MR) is 122 cm³/mol. The zero-order valence-corrected chi connectivity index (χ0v) is 18.8. The Kier molecular flexibility index (Phi) is 5.95. The van der Waals surface area contributed by atoms with Gasteiger partial charge in [0.1, 0.15) is 11.3 Å². The second kappa shape index (κ2) is 8.18. The van der Waals surface area contributed by atoms with E-state index >= 15 is 0 Å². The summed E-state index contributed by atoms with van der Waals surface area (Å²) in [5.41, 5.74) is 4.31. The van der Waals surface area contributed by atoms with Crippen LogP contribution < -0.4 is 21.3 Å². The molecule has 6 heteroatoms. The Morgan fingerprint density at radius 2 is 1.52 bits per heavy atom. The van der Waals surface area contributed by atoms with Gasteiger partial charge in [0, 0.05) is 38.5 Å². The number of hydrogen-bond acceptors (Lipinski definition) is 4. The first kappa shape index (κ1) is 21.1. The molecule has 0 saturated carbocycles. The van der Waals surface area contributed by atoms with Crippen LogP contribution in [0.3, 0.4) is 0 Å². The van der Waals surface area contributed by atoms with Gasteiger partial charge in [0.05, 0.1) is 10.0 Å². The molecular formula is C23H30Cl2N4. The quantitative estimate of drug-likeness (QED) is 0.581. The third-order valence-corrected chi connectivity index (χ3v) is 7.69. The molecule has 1 atom stereocenters. The molecule has 0 aliphatic carbocycles. The van der Waals surface area contributed by atoms with E-state index in [9.17, 15) is 0 Å². The van der Waals surface area contributed by atoms with Gasteiger partial charge >= 0.3 is 0 Å². The molecule has 29 heavy (non-hydrogen) atoms. The summed E-state index contributed by atoms with van der Waals surface area (Å²) < 4.78 is 0. The lowest BCUT2D eigenvalue weighted by Gasteiger charge is -2.51. The molecule has 2 fully saturated rings. The van der Waals surface area contributed by atoms with E-state index in [1.54, 1.807) is 0 Å². The van der Waals surface area contributed by atoms with E-state index in [2.05, 4.69) is 66.3 Å². The molecular weight excluding hydrogens is 403 g/mol. The molecule has 4 N–H and O–H groups in total. The predicted octanol–water partition coefficient (Wildman–Crippen LogP) is 3.73. The molecule has 2 aliphatic rings. The molecule has 4 rings (SSSR count). The van der Waals surface area contributed by atoms with Crippen LogP contribution in [0.1, 0.15) is 35.1 Å². The molecule has 0 amide bonds. The standard InChI is InChI=1S/C23H30Cl2N4/c1-15-6-4-8-19(16(15)2)17(3)23(28-12-13-29-23)22(26-10-11-27-22)14-18-7-5-9-20(24)21(18)25/h4-9,17,26-29H,10-14H2,1-3H3. The average molecular weight is 433 g/mol. The maximum atomic E-state index is 6.60. The summed E-state index contributed by atoms with van der Waals surface area (Å²) in [4.78, 5) is 0. The lowest BCUT2D eigenvalue weighted by Crippen LogP contribution is -2.77. The Labute approximate surface area is 183 Å². The van der Waals surface area contributed by atoms with Crippen molar-refractivity contribution in [2.45, 2.75) is 44.4 Å². The molecule has 2 saturated heterocycles. The van der Waals surface area contributed by atoms with Gasteiger partial charge in [-0.25, -0.2) is 0 Å². The molecule has 0 aromatic heterocycles. The minimum atomic E-state index is -0.395. The molecule has 2 heterocycles. The van der Waals surface area contributed by atoms with Crippen molar-refractivity contribution in [1.82, 2.24) is 21.3 Å². The van der Waals surface area contributed by atoms with E-state index in [1.165, 1.54) is 16.7 Å². The van der Waals surface area contributed by atoms with Gasteiger partial charge in [-0.1, -0.05) is 60.5 Å². The van der Waals surface area contributed by atoms with Crippen LogP contribution in [0.15, 0.2) is 36.4 Å². The van der Waals surface area contributed by atoms with E-state index in [1.807, 2.05) is 12.1 Å². The summed E-state index contributed by atoms with van der Waals surface area (Å²) in [6.45, 7) is 10.4. The van der Waals surface area contributed by atoms with Crippen LogP contribution in [0.5, 0.6) is 0 Å². The van der Waals surface area contributed by atoms with E-state index in [-0.39, 0.29) is 11.6 Å². The highest BCUT2D eigenvalue weighted by atomic mass is 35.5. The van der Waals surface area contributed by atoms with Crippen LogP contribution >= 0.6 is 23.2 Å². The molecule has 2 aromatic rings. The van der Waals surface area contributed by atoms with Crippen molar-refractivity contribution in [3.8, 4) is 0 Å². The third-order valence-electron chi connectivity index (χ3n) is 6.83. The number of rotatable bonds is 5. The summed E-state index contributed by atoms with van der Waals surface area (Å²) in [5.74, 6) is 0.223. The highest BCUT2D eigenvalue weighted by molar-refractivity contribution is 6.42. The Hall–Kier alpha value is -1.14. The second-order valence-electron chi connectivity index (χ2n) is 8.32. The van der Waals surface area contributed by atoms with Crippen molar-refractivity contribution >= 4 is 23.2 Å². The summed E-state index contributed by atoms with van der Waals surface area (Å²) in [6.07, 6.45) is 0.724. The monoisotopic (exact) mass is 432 g/mol. The second-order valence-corrected chi connectivity index (χ2v) is 9.11. The van der Waals surface area contributed by atoms with E-state index in [0.717, 1.165) is 38.2 Å². The van der Waals surface area contributed by atoms with Gasteiger partial charge < -0.3 is 0 Å². The number of benzene rings is 2. The fourth-order valence-electron chi connectivity index (χ4n) is 5.16. The van der Waals surface area contributed by atoms with Crippen molar-refractivity contribution in [3.63, 3.8) is 0 Å². The molecule has 1 unspecified atom stereocenters. The van der Waals surface area contributed by atoms with Crippen LogP contribution in [0.25, 0.3) is 0 Å². The zero-order chi connectivity index (χ0) is 20.6.